The molecule has 168 valence electrons. The van der Waals surface area contributed by atoms with E-state index in [1.807, 2.05) is 6.92 Å². The highest BCUT2D eigenvalue weighted by Crippen LogP contribution is 2.26. The van der Waals surface area contributed by atoms with E-state index >= 15 is 0 Å². The Hall–Kier alpha value is -0.530. The van der Waals surface area contributed by atoms with Gasteiger partial charge < -0.3 is 5.11 Å². The van der Waals surface area contributed by atoms with Crippen molar-refractivity contribution in [1.82, 2.24) is 0 Å². The van der Waals surface area contributed by atoms with Gasteiger partial charge in [-0.05, 0) is 37.0 Å². The Morgan fingerprint density at radius 3 is 1.46 bits per heavy atom. The number of carboxylic acids is 1. The van der Waals surface area contributed by atoms with E-state index in [0.29, 0.717) is 11.8 Å². The third-order valence-corrected chi connectivity index (χ3v) is 6.34. The van der Waals surface area contributed by atoms with Gasteiger partial charge in [-0.3, -0.25) is 4.79 Å². The van der Waals surface area contributed by atoms with Crippen molar-refractivity contribution in [2.75, 3.05) is 0 Å². The minimum Gasteiger partial charge on any atom is -0.481 e. The molecule has 0 aromatic carbocycles. The fraction of sp³-hybridized carbons (Fsp3) is 0.962. The summed E-state index contributed by atoms with van der Waals surface area (Å²) in [5.41, 5.74) is 0. The second kappa shape index (κ2) is 18.5. The van der Waals surface area contributed by atoms with E-state index in [0.717, 1.165) is 12.3 Å². The van der Waals surface area contributed by atoms with Gasteiger partial charge in [-0.15, -0.1) is 0 Å². The Balaban J connectivity index is 3.51. The van der Waals surface area contributed by atoms with Gasteiger partial charge in [0.1, 0.15) is 0 Å². The Kier molecular flexibility index (Phi) is 18.1. The zero-order valence-corrected chi connectivity index (χ0v) is 20.0. The standard InChI is InChI=1S/C26H52O2/c1-6-7-8-9-10-11-12-13-14-15-16-17-18-22(2)19-23(3)20-24(4)21-25(5)26(27)28/h22-25H,6-21H2,1-5H3,(H,27,28)/t22-,23-,24-,25-/m1/s1. The van der Waals surface area contributed by atoms with Gasteiger partial charge in [-0.2, -0.15) is 0 Å². The molecule has 0 rings (SSSR count). The highest BCUT2D eigenvalue weighted by atomic mass is 16.4. The molecule has 0 aliphatic carbocycles. The first kappa shape index (κ1) is 27.5. The van der Waals surface area contributed by atoms with Gasteiger partial charge in [0, 0.05) is 0 Å². The van der Waals surface area contributed by atoms with E-state index < -0.39 is 5.97 Å². The van der Waals surface area contributed by atoms with Gasteiger partial charge in [0.05, 0.1) is 5.92 Å². The van der Waals surface area contributed by atoms with Crippen LogP contribution in [0.1, 0.15) is 137 Å². The summed E-state index contributed by atoms with van der Waals surface area (Å²) >= 11 is 0. The summed E-state index contributed by atoms with van der Waals surface area (Å²) in [7, 11) is 0. The van der Waals surface area contributed by atoms with E-state index in [1.165, 1.54) is 96.3 Å². The first-order valence-corrected chi connectivity index (χ1v) is 12.6. The van der Waals surface area contributed by atoms with Crippen molar-refractivity contribution in [2.45, 2.75) is 137 Å². The van der Waals surface area contributed by atoms with E-state index in [1.54, 1.807) is 0 Å². The molecule has 2 heteroatoms. The molecule has 0 saturated carbocycles. The molecule has 0 fully saturated rings. The monoisotopic (exact) mass is 396 g/mol. The summed E-state index contributed by atoms with van der Waals surface area (Å²) in [6.07, 6.45) is 21.7. The Labute approximate surface area is 177 Å². The van der Waals surface area contributed by atoms with Gasteiger partial charge in [-0.1, -0.05) is 118 Å². The first-order valence-electron chi connectivity index (χ1n) is 12.6. The van der Waals surface area contributed by atoms with E-state index in [-0.39, 0.29) is 5.92 Å². The van der Waals surface area contributed by atoms with Crippen molar-refractivity contribution < 1.29 is 9.90 Å². The summed E-state index contributed by atoms with van der Waals surface area (Å²) in [5, 5.41) is 9.05. The maximum Gasteiger partial charge on any atom is 0.306 e. The predicted octanol–water partition coefficient (Wildman–Crippen LogP) is 8.88. The normalized spacial score (nSPS) is 15.9. The fourth-order valence-corrected chi connectivity index (χ4v) is 4.72. The molecule has 28 heavy (non-hydrogen) atoms. The van der Waals surface area contributed by atoms with Crippen LogP contribution in [0, 0.1) is 23.7 Å². The topological polar surface area (TPSA) is 37.3 Å². The minimum absolute atomic E-state index is 0.208. The molecule has 1 N–H and O–H groups in total. The molecule has 0 radical (unpaired) electrons. The molecule has 0 unspecified atom stereocenters. The SMILES string of the molecule is CCCCCCCCCCCCCC[C@@H](C)C[C@@H](C)C[C@@H](C)C[C@@H](C)C(=O)O. The maximum absolute atomic E-state index is 11.0. The van der Waals surface area contributed by atoms with Crippen LogP contribution in [0.3, 0.4) is 0 Å². The maximum atomic E-state index is 11.0. The van der Waals surface area contributed by atoms with Crippen LogP contribution in [-0.2, 0) is 4.79 Å². The van der Waals surface area contributed by atoms with Gasteiger partial charge in [0.25, 0.3) is 0 Å². The number of hydrogen-bond acceptors (Lipinski definition) is 1. The third kappa shape index (κ3) is 17.6. The number of unbranched alkanes of at least 4 members (excludes halogenated alkanes) is 11. The first-order chi connectivity index (χ1) is 13.4. The number of rotatable bonds is 20. The van der Waals surface area contributed by atoms with Crippen LogP contribution >= 0.6 is 0 Å². The average molecular weight is 397 g/mol. The molecule has 0 amide bonds. The number of carbonyl (C=O) groups is 1. The minimum atomic E-state index is -0.653. The van der Waals surface area contributed by atoms with Crippen molar-refractivity contribution >= 4 is 5.97 Å². The fourth-order valence-electron chi connectivity index (χ4n) is 4.72. The van der Waals surface area contributed by atoms with Crippen molar-refractivity contribution in [1.29, 1.82) is 0 Å². The second-order valence-electron chi connectivity index (χ2n) is 9.94. The lowest BCUT2D eigenvalue weighted by atomic mass is 9.84. The van der Waals surface area contributed by atoms with E-state index in [9.17, 15) is 4.79 Å². The smallest absolute Gasteiger partial charge is 0.306 e. The molecule has 0 aromatic rings. The third-order valence-electron chi connectivity index (χ3n) is 6.34. The lowest BCUT2D eigenvalue weighted by Gasteiger charge is -2.21. The molecule has 0 spiro atoms. The van der Waals surface area contributed by atoms with E-state index in [4.69, 9.17) is 5.11 Å². The Morgan fingerprint density at radius 1 is 0.607 bits per heavy atom. The molecular weight excluding hydrogens is 344 g/mol. The number of carboxylic acid groups (broad SMARTS) is 1. The van der Waals surface area contributed by atoms with Crippen LogP contribution in [0.2, 0.25) is 0 Å². The molecule has 4 atom stereocenters. The largest absolute Gasteiger partial charge is 0.481 e. The summed E-state index contributed by atoms with van der Waals surface area (Å²) in [6, 6.07) is 0. The zero-order valence-electron chi connectivity index (χ0n) is 20.0. The van der Waals surface area contributed by atoms with Gasteiger partial charge in [0.2, 0.25) is 0 Å². The molecule has 2 nitrogen and oxygen atoms in total. The zero-order chi connectivity index (χ0) is 21.2. The summed E-state index contributed by atoms with van der Waals surface area (Å²) in [6.45, 7) is 11.1. The molecule has 0 aromatic heterocycles. The van der Waals surface area contributed by atoms with Crippen LogP contribution in [0.4, 0.5) is 0 Å². The van der Waals surface area contributed by atoms with Crippen LogP contribution in [0.15, 0.2) is 0 Å². The van der Waals surface area contributed by atoms with Crippen LogP contribution in [-0.4, -0.2) is 11.1 Å². The van der Waals surface area contributed by atoms with Gasteiger partial charge >= 0.3 is 5.97 Å². The molecule has 0 aliphatic rings. The van der Waals surface area contributed by atoms with Crippen molar-refractivity contribution in [3.8, 4) is 0 Å². The summed E-state index contributed by atoms with van der Waals surface area (Å²) in [5.74, 6) is 1.17. The molecular formula is C26H52O2. The quantitative estimate of drug-likeness (QED) is 0.209. The molecule has 0 saturated heterocycles. The highest BCUT2D eigenvalue weighted by molar-refractivity contribution is 5.69. The van der Waals surface area contributed by atoms with Gasteiger partial charge in [-0.25, -0.2) is 0 Å². The Bertz CT molecular complexity index is 352. The van der Waals surface area contributed by atoms with E-state index in [2.05, 4.69) is 27.7 Å². The average Bonchev–Trinajstić information content (AvgIpc) is 2.62. The lowest BCUT2D eigenvalue weighted by molar-refractivity contribution is -0.141. The number of aliphatic carboxylic acids is 1. The Morgan fingerprint density at radius 2 is 1.00 bits per heavy atom. The van der Waals surface area contributed by atoms with Crippen LogP contribution < -0.4 is 0 Å². The lowest BCUT2D eigenvalue weighted by Crippen LogP contribution is -2.15. The molecule has 0 bridgehead atoms. The van der Waals surface area contributed by atoms with Crippen molar-refractivity contribution in [3.05, 3.63) is 0 Å². The number of hydrogen-bond donors (Lipinski definition) is 1. The highest BCUT2D eigenvalue weighted by Gasteiger charge is 2.18. The van der Waals surface area contributed by atoms with Crippen LogP contribution in [0.25, 0.3) is 0 Å². The summed E-state index contributed by atoms with van der Waals surface area (Å²) < 4.78 is 0. The summed E-state index contributed by atoms with van der Waals surface area (Å²) in [4.78, 5) is 11.0. The predicted molar refractivity (Wildman–Crippen MR) is 124 cm³/mol. The second-order valence-corrected chi connectivity index (χ2v) is 9.94. The van der Waals surface area contributed by atoms with Crippen LogP contribution in [0.5, 0.6) is 0 Å². The molecule has 0 aliphatic heterocycles. The van der Waals surface area contributed by atoms with Crippen molar-refractivity contribution in [2.24, 2.45) is 23.7 Å². The van der Waals surface area contributed by atoms with Gasteiger partial charge in [0.15, 0.2) is 0 Å². The van der Waals surface area contributed by atoms with Crippen molar-refractivity contribution in [3.63, 3.8) is 0 Å². The molecule has 0 heterocycles.